The SMILES string of the molecule is c1cc2c[nH]c3sc4cncnc4c3c-2c1. The van der Waals surface area contributed by atoms with Crippen LogP contribution in [0, 0.1) is 0 Å². The highest BCUT2D eigenvalue weighted by Crippen LogP contribution is 2.38. The van der Waals surface area contributed by atoms with E-state index in [1.807, 2.05) is 12.4 Å². The van der Waals surface area contributed by atoms with Gasteiger partial charge in [-0.05, 0) is 11.1 Å². The van der Waals surface area contributed by atoms with Crippen LogP contribution in [0.5, 0.6) is 0 Å². The number of nitrogens with zero attached hydrogens (tertiary/aromatic N) is 2. The van der Waals surface area contributed by atoms with Gasteiger partial charge in [0.05, 0.1) is 10.2 Å². The predicted molar refractivity (Wildman–Crippen MR) is 65.9 cm³/mol. The lowest BCUT2D eigenvalue weighted by molar-refractivity contribution is 1.23. The van der Waals surface area contributed by atoms with E-state index in [2.05, 4.69) is 33.2 Å². The fraction of sp³-hybridized carbons (Fsp3) is 0. The molecule has 4 rings (SSSR count). The van der Waals surface area contributed by atoms with Gasteiger partial charge in [0.15, 0.2) is 0 Å². The van der Waals surface area contributed by atoms with E-state index < -0.39 is 0 Å². The van der Waals surface area contributed by atoms with Crippen LogP contribution in [-0.4, -0.2) is 15.0 Å². The molecule has 2 aromatic heterocycles. The minimum Gasteiger partial charge on any atom is -0.352 e. The molecular formula is C12H7N3S. The lowest BCUT2D eigenvalue weighted by Crippen LogP contribution is -1.81. The fourth-order valence-electron chi connectivity index (χ4n) is 2.13. The third-order valence-electron chi connectivity index (χ3n) is 2.83. The Labute approximate surface area is 95.1 Å². The molecule has 2 aliphatic rings. The molecule has 0 saturated carbocycles. The summed E-state index contributed by atoms with van der Waals surface area (Å²) in [6.45, 7) is 0. The zero-order chi connectivity index (χ0) is 10.5. The summed E-state index contributed by atoms with van der Waals surface area (Å²) in [5.41, 5.74) is 3.53. The van der Waals surface area contributed by atoms with Gasteiger partial charge in [-0.15, -0.1) is 11.3 Å². The van der Waals surface area contributed by atoms with Crippen molar-refractivity contribution in [3.05, 3.63) is 36.9 Å². The number of nitrogens with one attached hydrogen (secondary N) is 1. The Kier molecular flexibility index (Phi) is 1.44. The van der Waals surface area contributed by atoms with Crippen LogP contribution >= 0.6 is 11.3 Å². The Bertz CT molecular complexity index is 768. The molecule has 0 atom stereocenters. The molecule has 16 heavy (non-hydrogen) atoms. The minimum atomic E-state index is 1.04. The first-order valence-corrected chi connectivity index (χ1v) is 5.83. The number of hydrogen-bond acceptors (Lipinski definition) is 3. The van der Waals surface area contributed by atoms with Gasteiger partial charge in [0.25, 0.3) is 0 Å². The fourth-order valence-corrected chi connectivity index (χ4v) is 3.14. The van der Waals surface area contributed by atoms with Gasteiger partial charge < -0.3 is 4.98 Å². The molecule has 0 spiro atoms. The van der Waals surface area contributed by atoms with Gasteiger partial charge in [-0.1, -0.05) is 18.2 Å². The van der Waals surface area contributed by atoms with E-state index >= 15 is 0 Å². The van der Waals surface area contributed by atoms with Crippen molar-refractivity contribution in [2.75, 3.05) is 0 Å². The maximum Gasteiger partial charge on any atom is 0.116 e. The normalized spacial score (nSPS) is 11.8. The number of thiophene rings is 1. The van der Waals surface area contributed by atoms with E-state index in [1.54, 1.807) is 17.7 Å². The third kappa shape index (κ3) is 0.919. The summed E-state index contributed by atoms with van der Waals surface area (Å²) in [6, 6.07) is 6.32. The molecule has 3 heterocycles. The largest absolute Gasteiger partial charge is 0.352 e. The molecule has 4 heteroatoms. The van der Waals surface area contributed by atoms with Crippen LogP contribution in [0.15, 0.2) is 36.9 Å². The number of H-pyrrole nitrogens is 1. The zero-order valence-corrected chi connectivity index (χ0v) is 9.08. The van der Waals surface area contributed by atoms with Crippen LogP contribution in [0.4, 0.5) is 0 Å². The second-order valence-corrected chi connectivity index (χ2v) is 4.78. The van der Waals surface area contributed by atoms with Crippen molar-refractivity contribution in [2.45, 2.75) is 0 Å². The highest BCUT2D eigenvalue weighted by Gasteiger charge is 2.13. The number of pyridine rings is 1. The van der Waals surface area contributed by atoms with Gasteiger partial charge >= 0.3 is 0 Å². The topological polar surface area (TPSA) is 41.6 Å². The first-order chi connectivity index (χ1) is 7.93. The van der Waals surface area contributed by atoms with Gasteiger partial charge in [0.2, 0.25) is 0 Å². The second-order valence-electron chi connectivity index (χ2n) is 3.73. The van der Waals surface area contributed by atoms with Crippen LogP contribution in [0.2, 0.25) is 0 Å². The molecule has 0 saturated heterocycles. The molecule has 3 nitrogen and oxygen atoms in total. The summed E-state index contributed by atoms with van der Waals surface area (Å²) >= 11 is 1.70. The number of fused-ring (bicyclic) bond motifs is 5. The van der Waals surface area contributed by atoms with E-state index in [-0.39, 0.29) is 0 Å². The Morgan fingerprint density at radius 3 is 3.25 bits per heavy atom. The first-order valence-electron chi connectivity index (χ1n) is 5.02. The van der Waals surface area contributed by atoms with Crippen LogP contribution in [0.25, 0.3) is 31.6 Å². The molecule has 0 bridgehead atoms. The molecule has 76 valence electrons. The minimum absolute atomic E-state index is 1.04. The number of hydrogen-bond donors (Lipinski definition) is 1. The number of aromatic nitrogens is 3. The molecule has 0 aromatic carbocycles. The molecule has 1 aliphatic heterocycles. The molecule has 0 fully saturated rings. The van der Waals surface area contributed by atoms with E-state index in [0.29, 0.717) is 0 Å². The molecule has 0 amide bonds. The highest BCUT2D eigenvalue weighted by molar-refractivity contribution is 7.25. The highest BCUT2D eigenvalue weighted by atomic mass is 32.1. The smallest absolute Gasteiger partial charge is 0.116 e. The first kappa shape index (κ1) is 8.24. The Morgan fingerprint density at radius 1 is 1.25 bits per heavy atom. The van der Waals surface area contributed by atoms with Gasteiger partial charge in [0.1, 0.15) is 11.2 Å². The van der Waals surface area contributed by atoms with Crippen molar-refractivity contribution >= 4 is 31.8 Å². The average Bonchev–Trinajstić information content (AvgIpc) is 2.91. The van der Waals surface area contributed by atoms with E-state index in [0.717, 1.165) is 15.0 Å². The summed E-state index contributed by atoms with van der Waals surface area (Å²) in [5.74, 6) is 0. The quantitative estimate of drug-likeness (QED) is 0.499. The number of rotatable bonds is 0. The Morgan fingerprint density at radius 2 is 2.25 bits per heavy atom. The molecule has 0 radical (unpaired) electrons. The predicted octanol–water partition coefficient (Wildman–Crippen LogP) is 3.28. The van der Waals surface area contributed by atoms with Crippen molar-refractivity contribution in [1.82, 2.24) is 15.0 Å². The van der Waals surface area contributed by atoms with Crippen molar-refractivity contribution in [3.63, 3.8) is 0 Å². The maximum absolute atomic E-state index is 4.38. The third-order valence-corrected chi connectivity index (χ3v) is 3.88. The van der Waals surface area contributed by atoms with Crippen LogP contribution in [0.3, 0.4) is 0 Å². The summed E-state index contributed by atoms with van der Waals surface area (Å²) in [6.07, 6.45) is 5.52. The Balaban J connectivity index is 2.36. The summed E-state index contributed by atoms with van der Waals surface area (Å²) in [4.78, 5) is 12.9. The second kappa shape index (κ2) is 2.80. The molecule has 2 aromatic rings. The van der Waals surface area contributed by atoms with Crippen LogP contribution < -0.4 is 0 Å². The van der Waals surface area contributed by atoms with E-state index in [9.17, 15) is 0 Å². The van der Waals surface area contributed by atoms with E-state index in [4.69, 9.17) is 0 Å². The number of aromatic amines is 1. The average molecular weight is 225 g/mol. The van der Waals surface area contributed by atoms with Gasteiger partial charge in [-0.2, -0.15) is 0 Å². The van der Waals surface area contributed by atoms with Crippen molar-refractivity contribution in [1.29, 1.82) is 0 Å². The van der Waals surface area contributed by atoms with Gasteiger partial charge in [-0.3, -0.25) is 0 Å². The van der Waals surface area contributed by atoms with Crippen LogP contribution in [0.1, 0.15) is 0 Å². The van der Waals surface area contributed by atoms with Crippen LogP contribution in [-0.2, 0) is 0 Å². The molecular weight excluding hydrogens is 218 g/mol. The molecule has 1 aliphatic carbocycles. The lowest BCUT2D eigenvalue weighted by atomic mass is 10.1. The van der Waals surface area contributed by atoms with Gasteiger partial charge in [0, 0.05) is 17.8 Å². The monoisotopic (exact) mass is 225 g/mol. The summed E-state index contributed by atoms with van der Waals surface area (Å²) in [7, 11) is 0. The lowest BCUT2D eigenvalue weighted by Gasteiger charge is -2.00. The molecule has 0 unspecified atom stereocenters. The maximum atomic E-state index is 4.38. The standard InChI is InChI=1S/C12H7N3S/c1-2-7-4-14-12-10(8(7)3-1)11-9(16-12)5-13-6-15-11/h1-6,14H. The van der Waals surface area contributed by atoms with Crippen molar-refractivity contribution in [3.8, 4) is 11.1 Å². The van der Waals surface area contributed by atoms with E-state index in [1.165, 1.54) is 16.5 Å². The Hall–Kier alpha value is -1.94. The summed E-state index contributed by atoms with van der Waals surface area (Å²) in [5, 5.41) is 1.21. The van der Waals surface area contributed by atoms with Gasteiger partial charge in [-0.25, -0.2) is 9.97 Å². The zero-order valence-electron chi connectivity index (χ0n) is 8.27. The van der Waals surface area contributed by atoms with Crippen molar-refractivity contribution < 1.29 is 0 Å². The summed E-state index contributed by atoms with van der Waals surface area (Å²) < 4.78 is 1.13. The molecule has 1 N–H and O–H groups in total. The van der Waals surface area contributed by atoms with Crippen molar-refractivity contribution in [2.24, 2.45) is 0 Å².